The van der Waals surface area contributed by atoms with Crippen LogP contribution in [0.3, 0.4) is 0 Å². The standard InChI is InChI=1S/C25H31NO5S/c1-16(2)17-12-18(25(3,4)5)14-19(13-17)32(29,30)26-22-10-6-9-21-20(22)8-7-11-23(21)31-15-24(27)28/h7-8,11-14,22,26H,1,6,9-10,15H2,2-5H3,(H,27,28)/t22-/m1/s1. The molecule has 1 aliphatic rings. The first-order valence-electron chi connectivity index (χ1n) is 10.7. The SMILES string of the molecule is C=C(C)c1cc(C(C)(C)C)cc(S(=O)(=O)N[C@@H]2CCCc3c(OCC(=O)O)cccc32)c1. The third kappa shape index (κ3) is 5.40. The first-order valence-corrected chi connectivity index (χ1v) is 12.2. The number of carbonyl (C=O) groups is 1. The van der Waals surface area contributed by atoms with Gasteiger partial charge < -0.3 is 9.84 Å². The van der Waals surface area contributed by atoms with Gasteiger partial charge in [-0.15, -0.1) is 0 Å². The van der Waals surface area contributed by atoms with Gasteiger partial charge in [0.2, 0.25) is 10.0 Å². The van der Waals surface area contributed by atoms with Crippen molar-refractivity contribution in [2.45, 2.75) is 63.3 Å². The fourth-order valence-corrected chi connectivity index (χ4v) is 5.22. The number of carboxylic acids is 1. The summed E-state index contributed by atoms with van der Waals surface area (Å²) in [6.07, 6.45) is 2.14. The van der Waals surface area contributed by atoms with E-state index in [1.165, 1.54) is 0 Å². The molecule has 0 heterocycles. The number of fused-ring (bicyclic) bond motifs is 1. The lowest BCUT2D eigenvalue weighted by molar-refractivity contribution is -0.139. The molecule has 0 saturated carbocycles. The Labute approximate surface area is 190 Å². The molecule has 0 bridgehead atoms. The molecule has 0 amide bonds. The quantitative estimate of drug-likeness (QED) is 0.621. The van der Waals surface area contributed by atoms with E-state index in [0.29, 0.717) is 18.6 Å². The molecule has 32 heavy (non-hydrogen) atoms. The summed E-state index contributed by atoms with van der Waals surface area (Å²) in [4.78, 5) is 11.1. The Hall–Kier alpha value is -2.64. The molecule has 3 rings (SSSR count). The maximum Gasteiger partial charge on any atom is 0.341 e. The maximum atomic E-state index is 13.4. The van der Waals surface area contributed by atoms with Gasteiger partial charge in [0.25, 0.3) is 0 Å². The van der Waals surface area contributed by atoms with Gasteiger partial charge in [0.05, 0.1) is 4.90 Å². The van der Waals surface area contributed by atoms with Gasteiger partial charge >= 0.3 is 5.97 Å². The Balaban J connectivity index is 1.97. The average Bonchev–Trinajstić information content (AvgIpc) is 2.71. The molecule has 0 spiro atoms. The van der Waals surface area contributed by atoms with Crippen LogP contribution in [0.15, 0.2) is 47.9 Å². The van der Waals surface area contributed by atoms with Crippen molar-refractivity contribution in [1.82, 2.24) is 4.72 Å². The number of aliphatic carboxylic acids is 1. The molecule has 2 aromatic carbocycles. The highest BCUT2D eigenvalue weighted by molar-refractivity contribution is 7.89. The van der Waals surface area contributed by atoms with Crippen molar-refractivity contribution < 1.29 is 23.1 Å². The molecule has 0 unspecified atom stereocenters. The minimum Gasteiger partial charge on any atom is -0.482 e. The van der Waals surface area contributed by atoms with Gasteiger partial charge in [-0.1, -0.05) is 51.1 Å². The summed E-state index contributed by atoms with van der Waals surface area (Å²) < 4.78 is 35.1. The van der Waals surface area contributed by atoms with Crippen LogP contribution in [0.1, 0.15) is 68.8 Å². The lowest BCUT2D eigenvalue weighted by Crippen LogP contribution is -2.31. The van der Waals surface area contributed by atoms with Crippen molar-refractivity contribution in [3.63, 3.8) is 0 Å². The number of sulfonamides is 1. The van der Waals surface area contributed by atoms with Crippen LogP contribution < -0.4 is 9.46 Å². The van der Waals surface area contributed by atoms with E-state index in [1.54, 1.807) is 24.3 Å². The Morgan fingerprint density at radius 1 is 1.25 bits per heavy atom. The van der Waals surface area contributed by atoms with Gasteiger partial charge in [-0.3, -0.25) is 0 Å². The third-order valence-electron chi connectivity index (χ3n) is 5.69. The van der Waals surface area contributed by atoms with Gasteiger partial charge in [-0.2, -0.15) is 0 Å². The summed E-state index contributed by atoms with van der Waals surface area (Å²) in [5.41, 5.74) is 3.99. The van der Waals surface area contributed by atoms with Crippen LogP contribution in [0.4, 0.5) is 0 Å². The zero-order valence-corrected chi connectivity index (χ0v) is 19.9. The van der Waals surface area contributed by atoms with E-state index in [2.05, 4.69) is 11.3 Å². The number of hydrogen-bond acceptors (Lipinski definition) is 4. The number of rotatable bonds is 7. The first kappa shape index (κ1) is 24.0. The third-order valence-corrected chi connectivity index (χ3v) is 7.14. The van der Waals surface area contributed by atoms with E-state index >= 15 is 0 Å². The minimum atomic E-state index is -3.81. The van der Waals surface area contributed by atoms with Crippen LogP contribution in [0.2, 0.25) is 0 Å². The van der Waals surface area contributed by atoms with Crippen molar-refractivity contribution in [3.8, 4) is 5.75 Å². The van der Waals surface area contributed by atoms with E-state index < -0.39 is 28.6 Å². The van der Waals surface area contributed by atoms with Crippen molar-refractivity contribution in [2.75, 3.05) is 6.61 Å². The highest BCUT2D eigenvalue weighted by Gasteiger charge is 2.29. The second-order valence-electron chi connectivity index (χ2n) is 9.35. The topological polar surface area (TPSA) is 92.7 Å². The summed E-state index contributed by atoms with van der Waals surface area (Å²) in [5.74, 6) is -0.559. The highest BCUT2D eigenvalue weighted by Crippen LogP contribution is 2.37. The average molecular weight is 458 g/mol. The number of hydrogen-bond donors (Lipinski definition) is 2. The summed E-state index contributed by atoms with van der Waals surface area (Å²) in [6.45, 7) is 11.6. The lowest BCUT2D eigenvalue weighted by atomic mass is 9.85. The van der Waals surface area contributed by atoms with E-state index in [4.69, 9.17) is 9.84 Å². The van der Waals surface area contributed by atoms with E-state index in [0.717, 1.165) is 34.2 Å². The number of ether oxygens (including phenoxy) is 1. The molecule has 2 N–H and O–H groups in total. The van der Waals surface area contributed by atoms with Gasteiger partial charge in [-0.25, -0.2) is 17.9 Å². The van der Waals surface area contributed by atoms with E-state index in [-0.39, 0.29) is 10.3 Å². The number of allylic oxidation sites excluding steroid dienone is 1. The number of nitrogens with one attached hydrogen (secondary N) is 1. The van der Waals surface area contributed by atoms with Crippen molar-refractivity contribution in [2.24, 2.45) is 0 Å². The van der Waals surface area contributed by atoms with Gasteiger partial charge in [0, 0.05) is 6.04 Å². The molecule has 1 atom stereocenters. The van der Waals surface area contributed by atoms with Gasteiger partial charge in [0.1, 0.15) is 5.75 Å². The molecular weight excluding hydrogens is 426 g/mol. The van der Waals surface area contributed by atoms with Crippen LogP contribution in [0.5, 0.6) is 5.75 Å². The molecule has 7 heteroatoms. The monoisotopic (exact) mass is 457 g/mol. The zero-order valence-electron chi connectivity index (χ0n) is 19.1. The van der Waals surface area contributed by atoms with Crippen LogP contribution in [0.25, 0.3) is 5.57 Å². The predicted octanol–water partition coefficient (Wildman–Crippen LogP) is 4.84. The van der Waals surface area contributed by atoms with Crippen LogP contribution in [0, 0.1) is 0 Å². The molecule has 0 fully saturated rings. The molecule has 1 aliphatic carbocycles. The minimum absolute atomic E-state index is 0.216. The largest absolute Gasteiger partial charge is 0.482 e. The molecular formula is C25H31NO5S. The van der Waals surface area contributed by atoms with E-state index in [1.807, 2.05) is 39.8 Å². The van der Waals surface area contributed by atoms with Crippen molar-refractivity contribution in [3.05, 3.63) is 65.2 Å². The number of carboxylic acid groups (broad SMARTS) is 1. The molecule has 0 saturated heterocycles. The van der Waals surface area contributed by atoms with Gasteiger partial charge in [-0.05, 0) is 72.1 Å². The Morgan fingerprint density at radius 2 is 1.97 bits per heavy atom. The summed E-state index contributed by atoms with van der Waals surface area (Å²) in [6, 6.07) is 10.3. The smallest absolute Gasteiger partial charge is 0.341 e. The highest BCUT2D eigenvalue weighted by atomic mass is 32.2. The fraction of sp³-hybridized carbons (Fsp3) is 0.400. The summed E-state index contributed by atoms with van der Waals surface area (Å²) in [7, 11) is -3.81. The number of benzene rings is 2. The molecule has 172 valence electrons. The second-order valence-corrected chi connectivity index (χ2v) is 11.1. The Morgan fingerprint density at radius 3 is 2.59 bits per heavy atom. The van der Waals surface area contributed by atoms with Crippen LogP contribution in [-0.2, 0) is 26.7 Å². The second kappa shape index (κ2) is 9.08. The van der Waals surface area contributed by atoms with Gasteiger partial charge in [0.15, 0.2) is 6.61 Å². The predicted molar refractivity (Wildman–Crippen MR) is 125 cm³/mol. The molecule has 6 nitrogen and oxygen atoms in total. The normalized spacial score (nSPS) is 16.3. The van der Waals surface area contributed by atoms with Crippen LogP contribution >= 0.6 is 0 Å². The summed E-state index contributed by atoms with van der Waals surface area (Å²) >= 11 is 0. The Bertz CT molecular complexity index is 1150. The molecule has 0 aliphatic heterocycles. The lowest BCUT2D eigenvalue weighted by Gasteiger charge is -2.28. The molecule has 0 radical (unpaired) electrons. The zero-order chi connectivity index (χ0) is 23.7. The Kier molecular flexibility index (Phi) is 6.81. The van der Waals surface area contributed by atoms with Crippen LogP contribution in [-0.4, -0.2) is 26.1 Å². The molecule has 0 aromatic heterocycles. The van der Waals surface area contributed by atoms with Crippen molar-refractivity contribution in [1.29, 1.82) is 0 Å². The maximum absolute atomic E-state index is 13.4. The van der Waals surface area contributed by atoms with E-state index in [9.17, 15) is 13.2 Å². The molecule has 2 aromatic rings. The first-order chi connectivity index (χ1) is 14.9. The fourth-order valence-electron chi connectivity index (χ4n) is 3.90. The van der Waals surface area contributed by atoms with Crippen molar-refractivity contribution >= 4 is 21.6 Å². The summed E-state index contributed by atoms with van der Waals surface area (Å²) in [5, 5.41) is 8.93.